The van der Waals surface area contributed by atoms with Gasteiger partial charge in [-0.2, -0.15) is 5.10 Å². The monoisotopic (exact) mass is 415 g/mol. The van der Waals surface area contributed by atoms with Crippen molar-refractivity contribution in [3.8, 4) is 22.8 Å². The zero-order valence-corrected chi connectivity index (χ0v) is 16.8. The Hall–Kier alpha value is -3.85. The summed E-state index contributed by atoms with van der Waals surface area (Å²) in [4.78, 5) is 17.2. The number of benzene rings is 1. The normalized spacial score (nSPS) is 14.3. The molecule has 1 aliphatic heterocycles. The van der Waals surface area contributed by atoms with Gasteiger partial charge in [-0.25, -0.2) is 24.6 Å². The van der Waals surface area contributed by atoms with Crippen LogP contribution >= 0.6 is 0 Å². The molecule has 0 amide bonds. The SMILES string of the molecule is c1cc(-c2ccc(OC3CCOCC3)cc2)nc(Nc2ccc(-n3cncn3)nc2)n1. The summed E-state index contributed by atoms with van der Waals surface area (Å²) in [7, 11) is 0. The number of pyridine rings is 1. The van der Waals surface area contributed by atoms with Gasteiger partial charge in [-0.3, -0.25) is 0 Å². The highest BCUT2D eigenvalue weighted by Crippen LogP contribution is 2.24. The molecule has 0 saturated carbocycles. The third kappa shape index (κ3) is 4.67. The summed E-state index contributed by atoms with van der Waals surface area (Å²) in [6.07, 6.45) is 8.58. The lowest BCUT2D eigenvalue weighted by Gasteiger charge is -2.23. The number of rotatable bonds is 6. The minimum Gasteiger partial charge on any atom is -0.490 e. The van der Waals surface area contributed by atoms with Crippen LogP contribution < -0.4 is 10.1 Å². The van der Waals surface area contributed by atoms with Gasteiger partial charge in [-0.1, -0.05) is 0 Å². The van der Waals surface area contributed by atoms with Gasteiger partial charge in [0.1, 0.15) is 24.5 Å². The lowest BCUT2D eigenvalue weighted by molar-refractivity contribution is 0.0256. The van der Waals surface area contributed by atoms with Crippen molar-refractivity contribution in [2.45, 2.75) is 18.9 Å². The van der Waals surface area contributed by atoms with Crippen LogP contribution in [-0.4, -0.2) is 49.0 Å². The zero-order chi connectivity index (χ0) is 20.9. The second-order valence-electron chi connectivity index (χ2n) is 7.09. The van der Waals surface area contributed by atoms with Crippen molar-refractivity contribution in [3.63, 3.8) is 0 Å². The molecule has 9 heteroatoms. The second-order valence-corrected chi connectivity index (χ2v) is 7.09. The van der Waals surface area contributed by atoms with E-state index < -0.39 is 0 Å². The van der Waals surface area contributed by atoms with Crippen LogP contribution in [0.4, 0.5) is 11.6 Å². The molecule has 1 aromatic carbocycles. The quantitative estimate of drug-likeness (QED) is 0.511. The van der Waals surface area contributed by atoms with Crippen LogP contribution in [0.15, 0.2) is 67.5 Å². The number of nitrogens with zero attached hydrogens (tertiary/aromatic N) is 6. The predicted octanol–water partition coefficient (Wildman–Crippen LogP) is 3.42. The van der Waals surface area contributed by atoms with E-state index in [4.69, 9.17) is 9.47 Å². The molecule has 0 spiro atoms. The summed E-state index contributed by atoms with van der Waals surface area (Å²) in [6, 6.07) is 13.6. The first-order chi connectivity index (χ1) is 15.3. The molecule has 1 fully saturated rings. The van der Waals surface area contributed by atoms with E-state index in [0.717, 1.165) is 48.7 Å². The van der Waals surface area contributed by atoms with Gasteiger partial charge in [0.25, 0.3) is 0 Å². The first-order valence-electron chi connectivity index (χ1n) is 10.1. The number of aromatic nitrogens is 6. The Bertz CT molecular complexity index is 1110. The summed E-state index contributed by atoms with van der Waals surface area (Å²) < 4.78 is 13.0. The van der Waals surface area contributed by atoms with Crippen LogP contribution in [0.2, 0.25) is 0 Å². The largest absolute Gasteiger partial charge is 0.490 e. The Balaban J connectivity index is 1.26. The van der Waals surface area contributed by atoms with E-state index in [1.807, 2.05) is 42.5 Å². The average Bonchev–Trinajstić information content (AvgIpc) is 3.36. The number of nitrogens with one attached hydrogen (secondary N) is 1. The topological polar surface area (TPSA) is 99.9 Å². The van der Waals surface area contributed by atoms with E-state index in [0.29, 0.717) is 11.8 Å². The molecular formula is C22H21N7O2. The lowest BCUT2D eigenvalue weighted by atomic mass is 10.1. The smallest absolute Gasteiger partial charge is 0.227 e. The maximum Gasteiger partial charge on any atom is 0.227 e. The van der Waals surface area contributed by atoms with Gasteiger partial charge >= 0.3 is 0 Å². The Kier molecular flexibility index (Phi) is 5.48. The van der Waals surface area contributed by atoms with Crippen LogP contribution in [-0.2, 0) is 4.74 Å². The maximum absolute atomic E-state index is 6.04. The predicted molar refractivity (Wildman–Crippen MR) is 114 cm³/mol. The fourth-order valence-corrected chi connectivity index (χ4v) is 3.32. The van der Waals surface area contributed by atoms with Crippen LogP contribution in [0, 0.1) is 0 Å². The fourth-order valence-electron chi connectivity index (χ4n) is 3.32. The van der Waals surface area contributed by atoms with Gasteiger partial charge in [0.15, 0.2) is 5.82 Å². The molecule has 0 radical (unpaired) electrons. The van der Waals surface area contributed by atoms with Crippen LogP contribution in [0.1, 0.15) is 12.8 Å². The molecule has 0 bridgehead atoms. The molecule has 0 atom stereocenters. The van der Waals surface area contributed by atoms with Gasteiger partial charge < -0.3 is 14.8 Å². The average molecular weight is 415 g/mol. The first kappa shape index (κ1) is 19.1. The van der Waals surface area contributed by atoms with Gasteiger partial charge in [0.2, 0.25) is 5.95 Å². The summed E-state index contributed by atoms with van der Waals surface area (Å²) in [5.74, 6) is 2.04. The molecule has 1 aliphatic rings. The van der Waals surface area contributed by atoms with Crippen LogP contribution in [0.5, 0.6) is 5.75 Å². The number of anilines is 2. The summed E-state index contributed by atoms with van der Waals surface area (Å²) in [5.41, 5.74) is 2.59. The maximum atomic E-state index is 6.04. The van der Waals surface area contributed by atoms with Crippen molar-refractivity contribution in [3.05, 3.63) is 67.5 Å². The third-order valence-electron chi connectivity index (χ3n) is 4.93. The standard InChI is InChI=1S/C22H21N7O2/c1-4-18(31-19-8-11-30-12-9-19)5-2-16(1)20-7-10-24-22(28-20)27-17-3-6-21(25-13-17)29-15-23-14-26-29/h1-7,10,13-15,19H,8-9,11-12H2,(H,24,27,28). The van der Waals surface area contributed by atoms with Crippen molar-refractivity contribution in [1.82, 2.24) is 29.7 Å². The fraction of sp³-hybridized carbons (Fsp3) is 0.227. The summed E-state index contributed by atoms with van der Waals surface area (Å²) >= 11 is 0. The van der Waals surface area contributed by atoms with Crippen LogP contribution in [0.3, 0.4) is 0 Å². The Labute approximate surface area is 179 Å². The first-order valence-corrected chi connectivity index (χ1v) is 10.1. The van der Waals surface area contributed by atoms with E-state index in [9.17, 15) is 0 Å². The molecule has 1 N–H and O–H groups in total. The van der Waals surface area contributed by atoms with E-state index >= 15 is 0 Å². The summed E-state index contributed by atoms with van der Waals surface area (Å²) in [5, 5.41) is 7.25. The van der Waals surface area contributed by atoms with Crippen LogP contribution in [0.25, 0.3) is 17.1 Å². The molecule has 0 unspecified atom stereocenters. The second kappa shape index (κ2) is 8.88. The third-order valence-corrected chi connectivity index (χ3v) is 4.93. The Morgan fingerprint density at radius 2 is 1.87 bits per heavy atom. The highest BCUT2D eigenvalue weighted by atomic mass is 16.5. The van der Waals surface area contributed by atoms with Gasteiger partial charge in [-0.05, 0) is 42.5 Å². The molecule has 5 rings (SSSR count). The Morgan fingerprint density at radius 1 is 1.00 bits per heavy atom. The number of ether oxygens (including phenoxy) is 2. The van der Waals surface area contributed by atoms with Crippen molar-refractivity contribution in [2.24, 2.45) is 0 Å². The van der Waals surface area contributed by atoms with E-state index in [1.54, 1.807) is 23.4 Å². The van der Waals surface area contributed by atoms with Gasteiger partial charge in [-0.15, -0.1) is 0 Å². The van der Waals surface area contributed by atoms with E-state index in [-0.39, 0.29) is 6.10 Å². The van der Waals surface area contributed by atoms with Crippen molar-refractivity contribution >= 4 is 11.6 Å². The molecule has 0 aliphatic carbocycles. The number of hydrogen-bond donors (Lipinski definition) is 1. The van der Waals surface area contributed by atoms with E-state index in [1.165, 1.54) is 6.33 Å². The highest BCUT2D eigenvalue weighted by Gasteiger charge is 2.15. The minimum atomic E-state index is 0.221. The van der Waals surface area contributed by atoms with Gasteiger partial charge in [0, 0.05) is 24.6 Å². The molecule has 1 saturated heterocycles. The molecule has 9 nitrogen and oxygen atoms in total. The molecular weight excluding hydrogens is 394 g/mol. The Morgan fingerprint density at radius 3 is 2.61 bits per heavy atom. The minimum absolute atomic E-state index is 0.221. The lowest BCUT2D eigenvalue weighted by Crippen LogP contribution is -2.25. The van der Waals surface area contributed by atoms with Crippen molar-refractivity contribution in [1.29, 1.82) is 0 Å². The van der Waals surface area contributed by atoms with Gasteiger partial charge in [0.05, 0.1) is 30.8 Å². The zero-order valence-electron chi connectivity index (χ0n) is 16.8. The molecule has 3 aromatic heterocycles. The number of hydrogen-bond acceptors (Lipinski definition) is 8. The molecule has 4 aromatic rings. The summed E-state index contributed by atoms with van der Waals surface area (Å²) in [6.45, 7) is 1.52. The molecule has 156 valence electrons. The molecule has 4 heterocycles. The highest BCUT2D eigenvalue weighted by molar-refractivity contribution is 5.62. The van der Waals surface area contributed by atoms with Crippen molar-refractivity contribution in [2.75, 3.05) is 18.5 Å². The van der Waals surface area contributed by atoms with E-state index in [2.05, 4.69) is 30.4 Å². The molecule has 31 heavy (non-hydrogen) atoms. The van der Waals surface area contributed by atoms with Crippen molar-refractivity contribution < 1.29 is 9.47 Å².